The van der Waals surface area contributed by atoms with Crippen LogP contribution in [0.3, 0.4) is 0 Å². The van der Waals surface area contributed by atoms with E-state index in [4.69, 9.17) is 5.73 Å². The second-order valence-electron chi connectivity index (χ2n) is 4.22. The number of anilines is 3. The summed E-state index contributed by atoms with van der Waals surface area (Å²) < 4.78 is 1.06. The van der Waals surface area contributed by atoms with Gasteiger partial charge < -0.3 is 11.1 Å². The van der Waals surface area contributed by atoms with Gasteiger partial charge in [0, 0.05) is 15.7 Å². The van der Waals surface area contributed by atoms with Crippen molar-refractivity contribution in [3.05, 3.63) is 39.6 Å². The van der Waals surface area contributed by atoms with E-state index in [0.717, 1.165) is 21.5 Å². The maximum atomic E-state index is 5.83. The molecule has 0 bridgehead atoms. The van der Waals surface area contributed by atoms with Crippen molar-refractivity contribution in [2.45, 2.75) is 20.8 Å². The van der Waals surface area contributed by atoms with E-state index in [1.54, 1.807) is 0 Å². The molecule has 0 saturated heterocycles. The highest BCUT2D eigenvalue weighted by Crippen LogP contribution is 2.25. The molecule has 0 aliphatic rings. The van der Waals surface area contributed by atoms with Crippen LogP contribution in [-0.2, 0) is 0 Å². The molecular weight excluding hydrogens is 292 g/mol. The van der Waals surface area contributed by atoms with Crippen molar-refractivity contribution in [2.75, 3.05) is 11.1 Å². The van der Waals surface area contributed by atoms with Crippen LogP contribution in [0.5, 0.6) is 0 Å². The van der Waals surface area contributed by atoms with E-state index >= 15 is 0 Å². The zero-order valence-electron chi connectivity index (χ0n) is 10.6. The number of benzene rings is 1. The van der Waals surface area contributed by atoms with Gasteiger partial charge in [0.2, 0.25) is 0 Å². The Kier molecular flexibility index (Phi) is 3.52. The summed E-state index contributed by atoms with van der Waals surface area (Å²) >= 11 is 3.51. The Labute approximate surface area is 115 Å². The van der Waals surface area contributed by atoms with Crippen LogP contribution in [-0.4, -0.2) is 9.97 Å². The van der Waals surface area contributed by atoms with Crippen molar-refractivity contribution in [3.8, 4) is 0 Å². The van der Waals surface area contributed by atoms with Gasteiger partial charge in [-0.05, 0) is 38.5 Å². The third kappa shape index (κ3) is 2.61. The first-order valence-electron chi connectivity index (χ1n) is 5.61. The normalized spacial score (nSPS) is 10.4. The largest absolute Gasteiger partial charge is 0.383 e. The number of rotatable bonds is 2. The molecule has 2 rings (SSSR count). The monoisotopic (exact) mass is 306 g/mol. The number of hydrogen-bond donors (Lipinski definition) is 2. The van der Waals surface area contributed by atoms with Gasteiger partial charge in [-0.25, -0.2) is 9.97 Å². The second-order valence-corrected chi connectivity index (χ2v) is 5.07. The molecule has 2 aromatic rings. The Bertz CT molecular complexity index is 596. The molecule has 0 fully saturated rings. The summed E-state index contributed by atoms with van der Waals surface area (Å²) in [6, 6.07) is 6.06. The van der Waals surface area contributed by atoms with Crippen LogP contribution in [0.1, 0.15) is 17.0 Å². The molecule has 18 heavy (non-hydrogen) atoms. The second kappa shape index (κ2) is 4.94. The zero-order valence-corrected chi connectivity index (χ0v) is 12.2. The molecule has 0 atom stereocenters. The fourth-order valence-electron chi connectivity index (χ4n) is 1.58. The number of nitrogen functional groups attached to an aromatic ring is 1. The number of hydrogen-bond acceptors (Lipinski definition) is 4. The van der Waals surface area contributed by atoms with Crippen molar-refractivity contribution >= 4 is 33.3 Å². The average Bonchev–Trinajstić information content (AvgIpc) is 2.30. The fraction of sp³-hybridized carbons (Fsp3) is 0.231. The van der Waals surface area contributed by atoms with E-state index in [9.17, 15) is 0 Å². The molecular formula is C13H15BrN4. The minimum absolute atomic E-state index is 0.510. The van der Waals surface area contributed by atoms with Gasteiger partial charge in [-0.2, -0.15) is 0 Å². The molecule has 0 aliphatic heterocycles. The molecule has 0 unspecified atom stereocenters. The van der Waals surface area contributed by atoms with Crippen molar-refractivity contribution in [1.82, 2.24) is 9.97 Å². The Hall–Kier alpha value is -1.62. The lowest BCUT2D eigenvalue weighted by molar-refractivity contribution is 1.04. The molecule has 0 radical (unpaired) electrons. The summed E-state index contributed by atoms with van der Waals surface area (Å²) in [6.45, 7) is 5.78. The maximum Gasteiger partial charge on any atom is 0.139 e. The lowest BCUT2D eigenvalue weighted by atomic mass is 10.2. The highest BCUT2D eigenvalue weighted by molar-refractivity contribution is 9.10. The molecule has 0 spiro atoms. The topological polar surface area (TPSA) is 63.8 Å². The Morgan fingerprint density at radius 2 is 1.89 bits per heavy atom. The van der Waals surface area contributed by atoms with E-state index in [0.29, 0.717) is 11.6 Å². The molecule has 0 saturated carbocycles. The number of nitrogens with zero attached hydrogens (tertiary/aromatic N) is 2. The summed E-state index contributed by atoms with van der Waals surface area (Å²) in [5, 5.41) is 3.26. The van der Waals surface area contributed by atoms with Gasteiger partial charge >= 0.3 is 0 Å². The lowest BCUT2D eigenvalue weighted by Gasteiger charge is -2.11. The Balaban J connectivity index is 2.36. The van der Waals surface area contributed by atoms with Crippen LogP contribution >= 0.6 is 15.9 Å². The highest BCUT2D eigenvalue weighted by Gasteiger charge is 2.07. The summed E-state index contributed by atoms with van der Waals surface area (Å²) in [5.74, 6) is 1.92. The van der Waals surface area contributed by atoms with Crippen LogP contribution in [0.4, 0.5) is 17.3 Å². The smallest absolute Gasteiger partial charge is 0.139 e. The van der Waals surface area contributed by atoms with Crippen molar-refractivity contribution in [3.63, 3.8) is 0 Å². The molecule has 3 N–H and O–H groups in total. The minimum atomic E-state index is 0.510. The SMILES string of the molecule is Cc1nc(N)c(C)c(Nc2ccc(C)c(Br)c2)n1. The van der Waals surface area contributed by atoms with E-state index in [1.165, 1.54) is 5.56 Å². The summed E-state index contributed by atoms with van der Waals surface area (Å²) in [5.41, 5.74) is 8.84. The van der Waals surface area contributed by atoms with Crippen LogP contribution in [0.15, 0.2) is 22.7 Å². The molecule has 1 aromatic heterocycles. The quantitative estimate of drug-likeness (QED) is 0.891. The van der Waals surface area contributed by atoms with Gasteiger partial charge in [-0.15, -0.1) is 0 Å². The number of halogens is 1. The predicted octanol–water partition coefficient (Wildman–Crippen LogP) is 3.49. The summed E-state index contributed by atoms with van der Waals surface area (Å²) in [4.78, 5) is 8.49. The third-order valence-electron chi connectivity index (χ3n) is 2.73. The third-order valence-corrected chi connectivity index (χ3v) is 3.58. The molecule has 0 aliphatic carbocycles. The van der Waals surface area contributed by atoms with Gasteiger partial charge in [0.25, 0.3) is 0 Å². The summed E-state index contributed by atoms with van der Waals surface area (Å²) in [7, 11) is 0. The summed E-state index contributed by atoms with van der Waals surface area (Å²) in [6.07, 6.45) is 0. The van der Waals surface area contributed by atoms with Crippen LogP contribution in [0.25, 0.3) is 0 Å². The first-order valence-corrected chi connectivity index (χ1v) is 6.40. The van der Waals surface area contributed by atoms with Crippen molar-refractivity contribution in [1.29, 1.82) is 0 Å². The first-order chi connectivity index (χ1) is 8.47. The van der Waals surface area contributed by atoms with Gasteiger partial charge in [0.1, 0.15) is 17.5 Å². The minimum Gasteiger partial charge on any atom is -0.383 e. The van der Waals surface area contributed by atoms with Gasteiger partial charge in [-0.1, -0.05) is 22.0 Å². The van der Waals surface area contributed by atoms with Crippen LogP contribution in [0.2, 0.25) is 0 Å². The Morgan fingerprint density at radius 1 is 1.17 bits per heavy atom. The number of nitrogens with two attached hydrogens (primary N) is 1. The molecule has 0 amide bonds. The van der Waals surface area contributed by atoms with E-state index in [2.05, 4.69) is 31.2 Å². The van der Waals surface area contributed by atoms with Crippen LogP contribution in [0, 0.1) is 20.8 Å². The molecule has 1 aromatic carbocycles. The molecule has 94 valence electrons. The van der Waals surface area contributed by atoms with E-state index < -0.39 is 0 Å². The fourth-order valence-corrected chi connectivity index (χ4v) is 1.96. The lowest BCUT2D eigenvalue weighted by Crippen LogP contribution is -2.04. The van der Waals surface area contributed by atoms with Gasteiger partial charge in [0.15, 0.2) is 0 Å². The molecule has 4 nitrogen and oxygen atoms in total. The first kappa shape index (κ1) is 12.8. The number of nitrogens with one attached hydrogen (secondary N) is 1. The zero-order chi connectivity index (χ0) is 13.3. The van der Waals surface area contributed by atoms with E-state index in [1.807, 2.05) is 39.0 Å². The predicted molar refractivity (Wildman–Crippen MR) is 78.1 cm³/mol. The number of aromatic nitrogens is 2. The van der Waals surface area contributed by atoms with Crippen molar-refractivity contribution < 1.29 is 0 Å². The average molecular weight is 307 g/mol. The molecule has 5 heteroatoms. The highest BCUT2D eigenvalue weighted by atomic mass is 79.9. The Morgan fingerprint density at radius 3 is 2.56 bits per heavy atom. The maximum absolute atomic E-state index is 5.83. The standard InChI is InChI=1S/C13H15BrN4/c1-7-4-5-10(6-11(7)14)18-13-8(2)12(15)16-9(3)17-13/h4-6H,1-3H3,(H3,15,16,17,18). The van der Waals surface area contributed by atoms with Gasteiger partial charge in [-0.3, -0.25) is 0 Å². The van der Waals surface area contributed by atoms with Gasteiger partial charge in [0.05, 0.1) is 0 Å². The number of aryl methyl sites for hydroxylation is 2. The molecule has 1 heterocycles. The van der Waals surface area contributed by atoms with Crippen LogP contribution < -0.4 is 11.1 Å². The van der Waals surface area contributed by atoms with E-state index in [-0.39, 0.29) is 0 Å². The van der Waals surface area contributed by atoms with Crippen molar-refractivity contribution in [2.24, 2.45) is 0 Å².